The fourth-order valence-corrected chi connectivity index (χ4v) is 1.84. The van der Waals surface area contributed by atoms with Gasteiger partial charge in [0.15, 0.2) is 12.4 Å². The summed E-state index contributed by atoms with van der Waals surface area (Å²) in [7, 11) is 0. The van der Waals surface area contributed by atoms with Crippen molar-refractivity contribution < 1.29 is 34.3 Å². The maximum atomic E-state index is 11.1. The van der Waals surface area contributed by atoms with Crippen LogP contribution in [0.4, 0.5) is 0 Å². The summed E-state index contributed by atoms with van der Waals surface area (Å²) in [5.74, 6) is -1.29. The van der Waals surface area contributed by atoms with Crippen LogP contribution in [0, 0.1) is 0 Å². The van der Waals surface area contributed by atoms with E-state index in [1.54, 1.807) is 13.8 Å². The summed E-state index contributed by atoms with van der Waals surface area (Å²) in [6, 6.07) is 0. The molecule has 1 heterocycles. The van der Waals surface area contributed by atoms with E-state index in [2.05, 4.69) is 12.6 Å². The van der Waals surface area contributed by atoms with Gasteiger partial charge in [-0.15, -0.1) is 12.6 Å². The summed E-state index contributed by atoms with van der Waals surface area (Å²) < 4.78 is 15.3. The van der Waals surface area contributed by atoms with Crippen LogP contribution in [0.1, 0.15) is 13.8 Å². The summed E-state index contributed by atoms with van der Waals surface area (Å²) in [5.41, 5.74) is -0.574. The molecular formula is C10H18O7S. The van der Waals surface area contributed by atoms with Crippen LogP contribution < -0.4 is 0 Å². The third-order valence-corrected chi connectivity index (χ3v) is 2.60. The van der Waals surface area contributed by atoms with Crippen LogP contribution in [0.2, 0.25) is 0 Å². The van der Waals surface area contributed by atoms with Crippen LogP contribution in [0.5, 0.6) is 0 Å². The molecule has 0 aromatic heterocycles. The van der Waals surface area contributed by atoms with Gasteiger partial charge in [0.25, 0.3) is 0 Å². The van der Waals surface area contributed by atoms with Gasteiger partial charge in [0.05, 0.1) is 0 Å². The van der Waals surface area contributed by atoms with Gasteiger partial charge < -0.3 is 29.5 Å². The van der Waals surface area contributed by atoms with Gasteiger partial charge in [-0.2, -0.15) is 0 Å². The van der Waals surface area contributed by atoms with Crippen molar-refractivity contribution in [3.8, 4) is 0 Å². The third kappa shape index (κ3) is 3.56. The number of hydrogen-bond donors (Lipinski definition) is 4. The number of aliphatic hydroxyl groups excluding tert-OH is 2. The normalized spacial score (nSPS) is 38.4. The van der Waals surface area contributed by atoms with E-state index in [-0.39, 0.29) is 6.61 Å². The Balaban J connectivity index is 2.83. The first-order valence-corrected chi connectivity index (χ1v) is 6.09. The zero-order valence-electron chi connectivity index (χ0n) is 10.1. The van der Waals surface area contributed by atoms with E-state index in [0.29, 0.717) is 0 Å². The third-order valence-electron chi connectivity index (χ3n) is 2.48. The molecule has 18 heavy (non-hydrogen) atoms. The van der Waals surface area contributed by atoms with Crippen LogP contribution in [-0.2, 0) is 19.0 Å². The summed E-state index contributed by atoms with van der Waals surface area (Å²) in [5, 5.41) is 28.6. The Morgan fingerprint density at radius 3 is 2.50 bits per heavy atom. The van der Waals surface area contributed by atoms with Crippen molar-refractivity contribution in [3.63, 3.8) is 0 Å². The Kier molecular flexibility index (Phi) is 5.83. The lowest BCUT2D eigenvalue weighted by molar-refractivity contribution is -0.301. The van der Waals surface area contributed by atoms with Crippen LogP contribution >= 0.6 is 12.6 Å². The molecular weight excluding hydrogens is 264 g/mol. The maximum absolute atomic E-state index is 11.1. The van der Waals surface area contributed by atoms with Crippen molar-refractivity contribution in [2.45, 2.75) is 50.0 Å². The monoisotopic (exact) mass is 282 g/mol. The van der Waals surface area contributed by atoms with Crippen molar-refractivity contribution in [3.05, 3.63) is 0 Å². The SMILES string of the molecule is CCO[C@H]1C(C(=O)O)O[C@H](OC(C)S)C(O)C1O. The zero-order valence-corrected chi connectivity index (χ0v) is 11.0. The smallest absolute Gasteiger partial charge is 0.335 e. The largest absolute Gasteiger partial charge is 0.479 e. The Morgan fingerprint density at radius 2 is 2.06 bits per heavy atom. The van der Waals surface area contributed by atoms with Crippen LogP contribution in [0.15, 0.2) is 0 Å². The Hall–Kier alpha value is -0.380. The highest BCUT2D eigenvalue weighted by molar-refractivity contribution is 7.80. The van der Waals surface area contributed by atoms with Crippen molar-refractivity contribution >= 4 is 18.6 Å². The molecule has 1 aliphatic rings. The second-order valence-electron chi connectivity index (χ2n) is 3.90. The van der Waals surface area contributed by atoms with E-state index in [0.717, 1.165) is 0 Å². The number of carboxylic acids is 1. The molecule has 0 bridgehead atoms. The van der Waals surface area contributed by atoms with Gasteiger partial charge in [-0.05, 0) is 13.8 Å². The Morgan fingerprint density at radius 1 is 1.44 bits per heavy atom. The van der Waals surface area contributed by atoms with Gasteiger partial charge in [-0.3, -0.25) is 0 Å². The second-order valence-corrected chi connectivity index (χ2v) is 4.63. The molecule has 106 valence electrons. The molecule has 0 spiro atoms. The zero-order chi connectivity index (χ0) is 13.9. The van der Waals surface area contributed by atoms with Gasteiger partial charge in [0.2, 0.25) is 0 Å². The van der Waals surface area contributed by atoms with Crippen LogP contribution in [0.3, 0.4) is 0 Å². The van der Waals surface area contributed by atoms with Crippen molar-refractivity contribution in [1.29, 1.82) is 0 Å². The highest BCUT2D eigenvalue weighted by Crippen LogP contribution is 2.25. The minimum Gasteiger partial charge on any atom is -0.479 e. The number of rotatable bonds is 5. The standard InChI is InChI=1S/C10H18O7S/c1-3-15-7-5(11)6(12)10(16-4(2)18)17-8(7)9(13)14/h4-8,10-12,18H,3H2,1-2H3,(H,13,14)/t4?,5?,6?,7-,8?,10+/m1/s1. The predicted molar refractivity (Wildman–Crippen MR) is 63.3 cm³/mol. The van der Waals surface area contributed by atoms with E-state index >= 15 is 0 Å². The van der Waals surface area contributed by atoms with Gasteiger partial charge in [0, 0.05) is 6.61 Å². The summed E-state index contributed by atoms with van der Waals surface area (Å²) in [6.07, 6.45) is -6.60. The lowest BCUT2D eigenvalue weighted by atomic mass is 9.98. The molecule has 0 aromatic carbocycles. The van der Waals surface area contributed by atoms with E-state index < -0.39 is 42.1 Å². The average Bonchev–Trinajstić information content (AvgIpc) is 2.27. The first-order chi connectivity index (χ1) is 8.38. The summed E-state index contributed by atoms with van der Waals surface area (Å²) in [4.78, 5) is 11.1. The average molecular weight is 282 g/mol. The molecule has 0 amide bonds. The first kappa shape index (κ1) is 15.7. The molecule has 0 aromatic rings. The highest BCUT2D eigenvalue weighted by atomic mass is 32.1. The number of aliphatic carboxylic acids is 1. The van der Waals surface area contributed by atoms with Crippen LogP contribution in [0.25, 0.3) is 0 Å². The molecule has 4 unspecified atom stereocenters. The van der Waals surface area contributed by atoms with E-state index in [1.165, 1.54) is 0 Å². The van der Waals surface area contributed by atoms with Crippen molar-refractivity contribution in [2.24, 2.45) is 0 Å². The van der Waals surface area contributed by atoms with Gasteiger partial charge in [-0.1, -0.05) is 0 Å². The molecule has 6 atom stereocenters. The van der Waals surface area contributed by atoms with Gasteiger partial charge in [0.1, 0.15) is 23.7 Å². The number of carboxylic acid groups (broad SMARTS) is 1. The number of ether oxygens (including phenoxy) is 3. The molecule has 0 aliphatic carbocycles. The molecule has 1 aliphatic heterocycles. The molecule has 3 N–H and O–H groups in total. The summed E-state index contributed by atoms with van der Waals surface area (Å²) >= 11 is 3.95. The Labute approximate surface area is 110 Å². The fraction of sp³-hybridized carbons (Fsp3) is 0.900. The van der Waals surface area contributed by atoms with Gasteiger partial charge >= 0.3 is 5.97 Å². The van der Waals surface area contributed by atoms with E-state index in [9.17, 15) is 15.0 Å². The molecule has 1 rings (SSSR count). The number of carbonyl (C=O) groups is 1. The highest BCUT2D eigenvalue weighted by Gasteiger charge is 2.49. The van der Waals surface area contributed by atoms with Gasteiger partial charge in [-0.25, -0.2) is 4.79 Å². The quantitative estimate of drug-likeness (QED) is 0.387. The summed E-state index contributed by atoms with van der Waals surface area (Å²) in [6.45, 7) is 3.42. The van der Waals surface area contributed by atoms with Crippen molar-refractivity contribution in [2.75, 3.05) is 6.61 Å². The lowest BCUT2D eigenvalue weighted by Crippen LogP contribution is -2.61. The molecule has 8 heteroatoms. The molecule has 0 saturated carbocycles. The minimum absolute atomic E-state index is 0.191. The number of thiol groups is 1. The first-order valence-electron chi connectivity index (χ1n) is 5.58. The number of aliphatic hydroxyl groups is 2. The topological polar surface area (TPSA) is 105 Å². The Bertz CT molecular complexity index is 285. The molecule has 1 fully saturated rings. The minimum atomic E-state index is -1.41. The molecule has 1 saturated heterocycles. The van der Waals surface area contributed by atoms with Crippen molar-refractivity contribution in [1.82, 2.24) is 0 Å². The van der Waals surface area contributed by atoms with Crippen LogP contribution in [-0.4, -0.2) is 64.0 Å². The molecule has 7 nitrogen and oxygen atoms in total. The fourth-order valence-electron chi connectivity index (χ4n) is 1.72. The maximum Gasteiger partial charge on any atom is 0.335 e. The lowest BCUT2D eigenvalue weighted by Gasteiger charge is -2.40. The second kappa shape index (κ2) is 6.69. The van der Waals surface area contributed by atoms with E-state index in [4.69, 9.17) is 19.3 Å². The van der Waals surface area contributed by atoms with E-state index in [1.807, 2.05) is 0 Å². The molecule has 0 radical (unpaired) electrons. The number of hydrogen-bond acceptors (Lipinski definition) is 7. The predicted octanol–water partition coefficient (Wildman–Crippen LogP) is -0.785.